The predicted molar refractivity (Wildman–Crippen MR) is 113 cm³/mol. The third-order valence-electron chi connectivity index (χ3n) is 6.61. The van der Waals surface area contributed by atoms with E-state index in [9.17, 15) is 9.59 Å². The van der Waals surface area contributed by atoms with E-state index in [4.69, 9.17) is 14.2 Å². The lowest BCUT2D eigenvalue weighted by molar-refractivity contribution is 0.0219. The quantitative estimate of drug-likeness (QED) is 0.728. The summed E-state index contributed by atoms with van der Waals surface area (Å²) in [6, 6.07) is 5.63. The summed E-state index contributed by atoms with van der Waals surface area (Å²) < 4.78 is 16.6. The first-order chi connectivity index (χ1) is 14.4. The predicted octanol–water partition coefficient (Wildman–Crippen LogP) is 4.60. The minimum atomic E-state index is -0.357. The standard InChI is InChI=1S/C24H29NO5/c1-13-6-5-7-20(13)30-24(27)23-14(2)22-18(25-23)10-15(11-19(22)26)17-12-16(28-3)8-9-21(17)29-4/h8-9,12-13,15,20,25H,5-7,10-11H2,1-4H3/t13-,15+,20-/m1/s1. The summed E-state index contributed by atoms with van der Waals surface area (Å²) in [6.45, 7) is 3.95. The number of methoxy groups -OCH3 is 2. The maximum Gasteiger partial charge on any atom is 0.355 e. The van der Waals surface area contributed by atoms with Crippen molar-refractivity contribution in [3.63, 3.8) is 0 Å². The Labute approximate surface area is 176 Å². The van der Waals surface area contributed by atoms with Gasteiger partial charge in [-0.1, -0.05) is 6.92 Å². The van der Waals surface area contributed by atoms with Crippen molar-refractivity contribution in [3.8, 4) is 11.5 Å². The highest BCUT2D eigenvalue weighted by molar-refractivity contribution is 6.03. The van der Waals surface area contributed by atoms with Gasteiger partial charge >= 0.3 is 5.97 Å². The number of ketones is 1. The number of carbonyl (C=O) groups excluding carboxylic acids is 2. The second kappa shape index (κ2) is 8.17. The molecule has 30 heavy (non-hydrogen) atoms. The molecule has 1 aromatic carbocycles. The van der Waals surface area contributed by atoms with Gasteiger partial charge in [-0.2, -0.15) is 0 Å². The van der Waals surface area contributed by atoms with Crippen molar-refractivity contribution in [2.24, 2.45) is 5.92 Å². The minimum Gasteiger partial charge on any atom is -0.497 e. The number of rotatable bonds is 5. The van der Waals surface area contributed by atoms with E-state index in [1.54, 1.807) is 14.2 Å². The van der Waals surface area contributed by atoms with Crippen LogP contribution in [0.4, 0.5) is 0 Å². The molecule has 4 rings (SSSR count). The van der Waals surface area contributed by atoms with Gasteiger partial charge in [-0.3, -0.25) is 4.79 Å². The third kappa shape index (κ3) is 3.59. The number of Topliss-reactive ketones (excluding diaryl/α,β-unsaturated/α-hetero) is 1. The monoisotopic (exact) mass is 411 g/mol. The molecule has 2 aliphatic carbocycles. The number of benzene rings is 1. The number of ether oxygens (including phenoxy) is 3. The Hall–Kier alpha value is -2.76. The molecule has 0 bridgehead atoms. The summed E-state index contributed by atoms with van der Waals surface area (Å²) in [4.78, 5) is 29.1. The number of fused-ring (bicyclic) bond motifs is 1. The first-order valence-corrected chi connectivity index (χ1v) is 10.6. The smallest absolute Gasteiger partial charge is 0.355 e. The highest BCUT2D eigenvalue weighted by Crippen LogP contribution is 2.40. The van der Waals surface area contributed by atoms with Crippen molar-refractivity contribution >= 4 is 11.8 Å². The number of H-pyrrole nitrogens is 1. The fourth-order valence-corrected chi connectivity index (χ4v) is 4.90. The molecule has 0 radical (unpaired) electrons. The molecule has 1 saturated carbocycles. The Bertz CT molecular complexity index is 976. The van der Waals surface area contributed by atoms with E-state index in [-0.39, 0.29) is 23.8 Å². The van der Waals surface area contributed by atoms with E-state index < -0.39 is 0 Å². The molecule has 1 heterocycles. The van der Waals surface area contributed by atoms with Gasteiger partial charge in [0.15, 0.2) is 5.78 Å². The van der Waals surface area contributed by atoms with Gasteiger partial charge in [0, 0.05) is 29.2 Å². The Morgan fingerprint density at radius 3 is 2.60 bits per heavy atom. The fraction of sp³-hybridized carbons (Fsp3) is 0.500. The first kappa shape index (κ1) is 20.5. The van der Waals surface area contributed by atoms with Crippen molar-refractivity contribution < 1.29 is 23.8 Å². The Kier molecular flexibility index (Phi) is 5.58. The molecule has 6 heteroatoms. The third-order valence-corrected chi connectivity index (χ3v) is 6.61. The number of esters is 1. The molecule has 1 aromatic heterocycles. The molecule has 1 N–H and O–H groups in total. The van der Waals surface area contributed by atoms with Crippen molar-refractivity contribution in [2.75, 3.05) is 14.2 Å². The van der Waals surface area contributed by atoms with Gasteiger partial charge in [-0.05, 0) is 62.3 Å². The van der Waals surface area contributed by atoms with Crippen LogP contribution in [0.1, 0.15) is 76.2 Å². The van der Waals surface area contributed by atoms with Gasteiger partial charge in [0.2, 0.25) is 0 Å². The molecule has 0 saturated heterocycles. The lowest BCUT2D eigenvalue weighted by Gasteiger charge is -2.24. The average molecular weight is 411 g/mol. The summed E-state index contributed by atoms with van der Waals surface area (Å²) in [7, 11) is 3.24. The molecule has 0 unspecified atom stereocenters. The topological polar surface area (TPSA) is 77.6 Å². The molecule has 0 spiro atoms. The van der Waals surface area contributed by atoms with Crippen LogP contribution in [0.25, 0.3) is 0 Å². The zero-order valence-corrected chi connectivity index (χ0v) is 18.0. The van der Waals surface area contributed by atoms with E-state index >= 15 is 0 Å². The maximum atomic E-state index is 13.0. The molecule has 0 amide bonds. The van der Waals surface area contributed by atoms with Gasteiger partial charge in [0.1, 0.15) is 23.3 Å². The second-order valence-electron chi connectivity index (χ2n) is 8.47. The van der Waals surface area contributed by atoms with Crippen molar-refractivity contribution in [2.45, 2.75) is 58.0 Å². The van der Waals surface area contributed by atoms with Gasteiger partial charge in [0.25, 0.3) is 0 Å². The Morgan fingerprint density at radius 1 is 1.13 bits per heavy atom. The Balaban J connectivity index is 1.62. The van der Waals surface area contributed by atoms with Crippen molar-refractivity contribution in [1.29, 1.82) is 0 Å². The van der Waals surface area contributed by atoms with E-state index in [0.717, 1.165) is 42.0 Å². The van der Waals surface area contributed by atoms with Crippen LogP contribution in [-0.4, -0.2) is 37.1 Å². The molecule has 160 valence electrons. The summed E-state index contributed by atoms with van der Waals surface area (Å²) in [5.41, 5.74) is 3.48. The molecular formula is C24H29NO5. The SMILES string of the molecule is COc1ccc(OC)c([C@@H]2CC(=O)c3c([nH]c(C(=O)O[C@@H]4CCC[C@H]4C)c3C)C2)c1. The van der Waals surface area contributed by atoms with Crippen LogP contribution >= 0.6 is 0 Å². The number of nitrogens with one attached hydrogen (secondary N) is 1. The van der Waals surface area contributed by atoms with Crippen LogP contribution in [0.2, 0.25) is 0 Å². The Morgan fingerprint density at radius 2 is 1.93 bits per heavy atom. The van der Waals surface area contributed by atoms with E-state index in [0.29, 0.717) is 35.6 Å². The van der Waals surface area contributed by atoms with E-state index in [2.05, 4.69) is 11.9 Å². The highest BCUT2D eigenvalue weighted by Gasteiger charge is 2.35. The number of aromatic amines is 1. The molecule has 0 aliphatic heterocycles. The zero-order chi connectivity index (χ0) is 21.4. The van der Waals surface area contributed by atoms with Crippen LogP contribution < -0.4 is 9.47 Å². The lowest BCUT2D eigenvalue weighted by atomic mass is 9.81. The van der Waals surface area contributed by atoms with Gasteiger partial charge in [-0.15, -0.1) is 0 Å². The van der Waals surface area contributed by atoms with Gasteiger partial charge in [0.05, 0.1) is 14.2 Å². The van der Waals surface area contributed by atoms with Crippen LogP contribution in [0.15, 0.2) is 18.2 Å². The van der Waals surface area contributed by atoms with Gasteiger partial charge < -0.3 is 19.2 Å². The summed E-state index contributed by atoms with van der Waals surface area (Å²) in [5, 5.41) is 0. The molecular weight excluding hydrogens is 382 g/mol. The largest absolute Gasteiger partial charge is 0.497 e. The van der Waals surface area contributed by atoms with Crippen molar-refractivity contribution in [1.82, 2.24) is 4.98 Å². The van der Waals surface area contributed by atoms with Crippen LogP contribution in [0, 0.1) is 12.8 Å². The number of hydrogen-bond donors (Lipinski definition) is 1. The van der Waals surface area contributed by atoms with Crippen LogP contribution in [0.3, 0.4) is 0 Å². The minimum absolute atomic E-state index is 0.0353. The summed E-state index contributed by atoms with van der Waals surface area (Å²) in [5.74, 6) is 1.46. The molecule has 2 aromatic rings. The summed E-state index contributed by atoms with van der Waals surface area (Å²) >= 11 is 0. The van der Waals surface area contributed by atoms with Gasteiger partial charge in [-0.25, -0.2) is 4.79 Å². The summed E-state index contributed by atoms with van der Waals surface area (Å²) in [6.07, 6.45) is 4.02. The molecule has 3 atom stereocenters. The van der Waals surface area contributed by atoms with Crippen LogP contribution in [0.5, 0.6) is 11.5 Å². The number of hydrogen-bond acceptors (Lipinski definition) is 5. The fourth-order valence-electron chi connectivity index (χ4n) is 4.90. The maximum absolute atomic E-state index is 13.0. The van der Waals surface area contributed by atoms with E-state index in [1.807, 2.05) is 25.1 Å². The first-order valence-electron chi connectivity index (χ1n) is 10.6. The molecule has 1 fully saturated rings. The second-order valence-corrected chi connectivity index (χ2v) is 8.47. The van der Waals surface area contributed by atoms with Crippen molar-refractivity contribution in [3.05, 3.63) is 46.3 Å². The number of carbonyl (C=O) groups is 2. The van der Waals surface area contributed by atoms with E-state index in [1.165, 1.54) is 0 Å². The number of aromatic nitrogens is 1. The zero-order valence-electron chi connectivity index (χ0n) is 18.0. The lowest BCUT2D eigenvalue weighted by Crippen LogP contribution is -2.21. The molecule has 2 aliphatic rings. The average Bonchev–Trinajstić information content (AvgIpc) is 3.30. The molecule has 6 nitrogen and oxygen atoms in total. The van der Waals surface area contributed by atoms with Crippen LogP contribution in [-0.2, 0) is 11.2 Å². The highest BCUT2D eigenvalue weighted by atomic mass is 16.5. The normalized spacial score (nSPS) is 23.2.